The first-order chi connectivity index (χ1) is 8.86. The third kappa shape index (κ3) is 4.24. The van der Waals surface area contributed by atoms with Gasteiger partial charge >= 0.3 is 0 Å². The van der Waals surface area contributed by atoms with E-state index in [0.717, 1.165) is 6.42 Å². The lowest BCUT2D eigenvalue weighted by Crippen LogP contribution is -2.00. The van der Waals surface area contributed by atoms with Gasteiger partial charge in [0, 0.05) is 10.8 Å². The number of hydrogen-bond acceptors (Lipinski definition) is 0. The van der Waals surface area contributed by atoms with E-state index in [1.54, 1.807) is 0 Å². The van der Waals surface area contributed by atoms with Crippen molar-refractivity contribution >= 4 is 0 Å². The van der Waals surface area contributed by atoms with Crippen LogP contribution in [-0.2, 0) is 0 Å². The van der Waals surface area contributed by atoms with Gasteiger partial charge in [-0.05, 0) is 17.6 Å². The van der Waals surface area contributed by atoms with Crippen LogP contribution in [0.1, 0.15) is 34.1 Å². The summed E-state index contributed by atoms with van der Waals surface area (Å²) in [5, 5.41) is 0. The van der Waals surface area contributed by atoms with Crippen LogP contribution in [0.5, 0.6) is 0 Å². The molecule has 0 N–H and O–H groups in total. The fourth-order valence-corrected chi connectivity index (χ4v) is 2.18. The molecule has 2 aliphatic rings. The van der Waals surface area contributed by atoms with E-state index in [1.165, 1.54) is 11.1 Å². The zero-order valence-electron chi connectivity index (χ0n) is 12.5. The van der Waals surface area contributed by atoms with E-state index >= 15 is 0 Å². The Balaban J connectivity index is 2.12. The zero-order chi connectivity index (χ0) is 13.9. The largest absolute Gasteiger partial charge is 0.0751 e. The molecule has 0 heteroatoms. The van der Waals surface area contributed by atoms with Crippen LogP contribution >= 0.6 is 0 Å². The van der Waals surface area contributed by atoms with E-state index < -0.39 is 0 Å². The van der Waals surface area contributed by atoms with Crippen LogP contribution in [0.4, 0.5) is 0 Å². The van der Waals surface area contributed by atoms with Crippen LogP contribution < -0.4 is 0 Å². The quantitative estimate of drug-likeness (QED) is 0.606. The summed E-state index contributed by atoms with van der Waals surface area (Å²) in [5.74, 6) is 0. The third-order valence-electron chi connectivity index (χ3n) is 3.53. The second-order valence-electron chi connectivity index (χ2n) is 6.69. The monoisotopic (exact) mass is 252 g/mol. The minimum absolute atomic E-state index is 0.161. The minimum Gasteiger partial charge on any atom is -0.0751 e. The molecule has 2 aliphatic carbocycles. The zero-order valence-corrected chi connectivity index (χ0v) is 12.5. The third-order valence-corrected chi connectivity index (χ3v) is 3.53. The van der Waals surface area contributed by atoms with E-state index in [4.69, 9.17) is 0 Å². The number of hydrogen-bond donors (Lipinski definition) is 0. The van der Waals surface area contributed by atoms with E-state index in [2.05, 4.69) is 88.5 Å². The summed E-state index contributed by atoms with van der Waals surface area (Å²) in [6, 6.07) is 0. The van der Waals surface area contributed by atoms with Crippen molar-refractivity contribution in [2.24, 2.45) is 10.8 Å². The average molecular weight is 252 g/mol. The van der Waals surface area contributed by atoms with E-state index in [9.17, 15) is 0 Å². The summed E-state index contributed by atoms with van der Waals surface area (Å²) in [5.41, 5.74) is 3.05. The Morgan fingerprint density at radius 3 is 1.53 bits per heavy atom. The van der Waals surface area contributed by atoms with Crippen molar-refractivity contribution in [2.45, 2.75) is 34.1 Å². The molecule has 19 heavy (non-hydrogen) atoms. The Labute approximate surface area is 117 Å². The molecule has 0 aromatic heterocycles. The second-order valence-corrected chi connectivity index (χ2v) is 6.69. The van der Waals surface area contributed by atoms with Gasteiger partial charge in [-0.2, -0.15) is 0 Å². The lowest BCUT2D eigenvalue weighted by Gasteiger charge is -2.13. The lowest BCUT2D eigenvalue weighted by atomic mass is 9.92. The molecule has 0 saturated carbocycles. The highest BCUT2D eigenvalue weighted by atomic mass is 14.2. The van der Waals surface area contributed by atoms with Crippen molar-refractivity contribution in [3.8, 4) is 0 Å². The normalized spacial score (nSPS) is 23.6. The molecule has 0 heterocycles. The second kappa shape index (κ2) is 5.21. The topological polar surface area (TPSA) is 0 Å². The van der Waals surface area contributed by atoms with Crippen LogP contribution in [0.15, 0.2) is 71.9 Å². The average Bonchev–Trinajstić information content (AvgIpc) is 2.57. The van der Waals surface area contributed by atoms with Crippen molar-refractivity contribution in [3.05, 3.63) is 71.9 Å². The first-order valence-electron chi connectivity index (χ1n) is 7.02. The standard InChI is InChI=1S/C19H24/c1-18(2)11-5-7-16(9-13-18)15-17-8-6-12-19(3,4)14-10-17/h5-14H,15H2,1-4H3. The van der Waals surface area contributed by atoms with E-state index in [0.29, 0.717) is 0 Å². The summed E-state index contributed by atoms with van der Waals surface area (Å²) in [6.45, 7) is 8.92. The maximum Gasteiger partial charge on any atom is 0.00107 e. The summed E-state index contributed by atoms with van der Waals surface area (Å²) in [6.07, 6.45) is 23.4. The predicted octanol–water partition coefficient (Wildman–Crippen LogP) is 5.53. The molecule has 0 atom stereocenters. The van der Waals surface area contributed by atoms with Gasteiger partial charge in [-0.1, -0.05) is 88.5 Å². The summed E-state index contributed by atoms with van der Waals surface area (Å²) >= 11 is 0. The van der Waals surface area contributed by atoms with Crippen molar-refractivity contribution in [1.29, 1.82) is 0 Å². The molecule has 0 unspecified atom stereocenters. The number of rotatable bonds is 2. The molecule has 0 bridgehead atoms. The van der Waals surface area contributed by atoms with Gasteiger partial charge in [-0.15, -0.1) is 0 Å². The van der Waals surface area contributed by atoms with Gasteiger partial charge in [0.2, 0.25) is 0 Å². The van der Waals surface area contributed by atoms with Crippen LogP contribution in [-0.4, -0.2) is 0 Å². The molecule has 2 rings (SSSR count). The van der Waals surface area contributed by atoms with Crippen molar-refractivity contribution in [1.82, 2.24) is 0 Å². The molecule has 0 spiro atoms. The molecule has 0 nitrogen and oxygen atoms in total. The van der Waals surface area contributed by atoms with E-state index in [1.807, 2.05) is 0 Å². The first kappa shape index (κ1) is 13.9. The molecule has 0 fully saturated rings. The molecular weight excluding hydrogens is 228 g/mol. The first-order valence-corrected chi connectivity index (χ1v) is 7.02. The Morgan fingerprint density at radius 2 is 1.11 bits per heavy atom. The maximum atomic E-state index is 2.28. The van der Waals surface area contributed by atoms with Gasteiger partial charge in [0.15, 0.2) is 0 Å². The highest BCUT2D eigenvalue weighted by molar-refractivity contribution is 5.39. The van der Waals surface area contributed by atoms with Gasteiger partial charge in [0.25, 0.3) is 0 Å². The van der Waals surface area contributed by atoms with Gasteiger partial charge in [-0.3, -0.25) is 0 Å². The number of allylic oxidation sites excluding steroid dienone is 12. The SMILES string of the molecule is CC1(C)C=CC=C(CC2=CC=CC(C)(C)C=C2)C=C1. The Hall–Kier alpha value is -1.56. The van der Waals surface area contributed by atoms with Crippen molar-refractivity contribution < 1.29 is 0 Å². The smallest absolute Gasteiger partial charge is 0.00107 e. The van der Waals surface area contributed by atoms with Gasteiger partial charge in [0.1, 0.15) is 0 Å². The fourth-order valence-electron chi connectivity index (χ4n) is 2.18. The molecule has 0 amide bonds. The molecule has 0 saturated heterocycles. The Kier molecular flexibility index (Phi) is 3.80. The Morgan fingerprint density at radius 1 is 0.684 bits per heavy atom. The van der Waals surface area contributed by atoms with E-state index in [-0.39, 0.29) is 10.8 Å². The summed E-state index contributed by atoms with van der Waals surface area (Å²) in [7, 11) is 0. The summed E-state index contributed by atoms with van der Waals surface area (Å²) in [4.78, 5) is 0. The van der Waals surface area contributed by atoms with Crippen LogP contribution in [0, 0.1) is 10.8 Å². The maximum absolute atomic E-state index is 2.28. The molecule has 0 aliphatic heterocycles. The molecule has 100 valence electrons. The molecule has 0 aromatic carbocycles. The fraction of sp³-hybridized carbons (Fsp3) is 0.368. The van der Waals surface area contributed by atoms with Gasteiger partial charge in [-0.25, -0.2) is 0 Å². The highest BCUT2D eigenvalue weighted by Gasteiger charge is 2.12. The van der Waals surface area contributed by atoms with Crippen molar-refractivity contribution in [3.63, 3.8) is 0 Å². The van der Waals surface area contributed by atoms with Crippen LogP contribution in [0.3, 0.4) is 0 Å². The van der Waals surface area contributed by atoms with Crippen LogP contribution in [0.25, 0.3) is 0 Å². The Bertz CT molecular complexity index is 466. The molecular formula is C19H24. The minimum atomic E-state index is 0.161. The lowest BCUT2D eigenvalue weighted by molar-refractivity contribution is 0.626. The van der Waals surface area contributed by atoms with Gasteiger partial charge < -0.3 is 0 Å². The van der Waals surface area contributed by atoms with Crippen molar-refractivity contribution in [2.75, 3.05) is 0 Å². The summed E-state index contributed by atoms with van der Waals surface area (Å²) < 4.78 is 0. The highest BCUT2D eigenvalue weighted by Crippen LogP contribution is 2.27. The predicted molar refractivity (Wildman–Crippen MR) is 84.9 cm³/mol. The van der Waals surface area contributed by atoms with Crippen LogP contribution in [0.2, 0.25) is 0 Å². The molecule has 0 aromatic rings. The van der Waals surface area contributed by atoms with Gasteiger partial charge in [0.05, 0.1) is 0 Å². The molecule has 0 radical (unpaired) electrons.